The van der Waals surface area contributed by atoms with E-state index in [4.69, 9.17) is 5.73 Å². The first-order valence-corrected chi connectivity index (χ1v) is 7.24. The van der Waals surface area contributed by atoms with E-state index in [-0.39, 0.29) is 0 Å². The summed E-state index contributed by atoms with van der Waals surface area (Å²) in [6, 6.07) is 8.13. The average molecular weight is 269 g/mol. The standard InChI is InChI=1S/C12H15NO4S/c1-8(14)10(12(13)15)11(18(2,16)17)9-6-4-3-5-7-9/h3-7,10-11H,1-2H3,(H2,13,15). The molecule has 6 heteroatoms. The number of benzene rings is 1. The molecule has 0 saturated carbocycles. The van der Waals surface area contributed by atoms with E-state index in [1.165, 1.54) is 0 Å². The molecule has 1 aromatic rings. The fourth-order valence-corrected chi connectivity index (χ4v) is 3.36. The van der Waals surface area contributed by atoms with Gasteiger partial charge in [0, 0.05) is 6.26 Å². The maximum absolute atomic E-state index is 11.8. The van der Waals surface area contributed by atoms with Crippen molar-refractivity contribution in [3.8, 4) is 0 Å². The van der Waals surface area contributed by atoms with Gasteiger partial charge in [-0.2, -0.15) is 0 Å². The highest BCUT2D eigenvalue weighted by atomic mass is 32.2. The van der Waals surface area contributed by atoms with E-state index in [2.05, 4.69) is 0 Å². The number of rotatable bonds is 5. The maximum atomic E-state index is 11.8. The van der Waals surface area contributed by atoms with E-state index >= 15 is 0 Å². The number of hydrogen-bond donors (Lipinski definition) is 1. The van der Waals surface area contributed by atoms with Gasteiger partial charge in [-0.25, -0.2) is 8.42 Å². The van der Waals surface area contributed by atoms with Gasteiger partial charge in [0.1, 0.15) is 17.0 Å². The van der Waals surface area contributed by atoms with Crippen LogP contribution in [0.3, 0.4) is 0 Å². The second-order valence-electron chi connectivity index (χ2n) is 4.15. The van der Waals surface area contributed by atoms with Crippen molar-refractivity contribution in [1.82, 2.24) is 0 Å². The van der Waals surface area contributed by atoms with Crippen molar-refractivity contribution in [3.05, 3.63) is 35.9 Å². The molecule has 0 aliphatic heterocycles. The van der Waals surface area contributed by atoms with Crippen LogP contribution in [0.15, 0.2) is 30.3 Å². The summed E-state index contributed by atoms with van der Waals surface area (Å²) in [6.07, 6.45) is 0.990. The van der Waals surface area contributed by atoms with Crippen molar-refractivity contribution in [2.75, 3.05) is 6.26 Å². The highest BCUT2D eigenvalue weighted by Gasteiger charge is 2.38. The van der Waals surface area contributed by atoms with Gasteiger partial charge in [-0.05, 0) is 12.5 Å². The summed E-state index contributed by atoms with van der Waals surface area (Å²) in [5.41, 5.74) is 5.54. The van der Waals surface area contributed by atoms with E-state index in [0.717, 1.165) is 13.2 Å². The minimum absolute atomic E-state index is 0.388. The van der Waals surface area contributed by atoms with E-state index in [1.807, 2.05) is 0 Å². The topological polar surface area (TPSA) is 94.3 Å². The van der Waals surface area contributed by atoms with Crippen LogP contribution in [0.1, 0.15) is 17.7 Å². The first-order chi connectivity index (χ1) is 8.25. The second-order valence-corrected chi connectivity index (χ2v) is 6.32. The molecule has 2 N–H and O–H groups in total. The molecule has 0 aliphatic carbocycles. The molecule has 5 nitrogen and oxygen atoms in total. The van der Waals surface area contributed by atoms with Gasteiger partial charge < -0.3 is 5.73 Å². The van der Waals surface area contributed by atoms with E-state index in [9.17, 15) is 18.0 Å². The molecule has 98 valence electrons. The number of carbonyl (C=O) groups excluding carboxylic acids is 2. The van der Waals surface area contributed by atoms with Crippen molar-refractivity contribution in [1.29, 1.82) is 0 Å². The number of amides is 1. The molecular weight excluding hydrogens is 254 g/mol. The number of sulfone groups is 1. The quantitative estimate of drug-likeness (QED) is 0.786. The number of primary amides is 1. The number of nitrogens with two attached hydrogens (primary N) is 1. The Morgan fingerprint density at radius 3 is 2.00 bits per heavy atom. The maximum Gasteiger partial charge on any atom is 0.229 e. The van der Waals surface area contributed by atoms with Crippen LogP contribution in [0.2, 0.25) is 0 Å². The van der Waals surface area contributed by atoms with E-state index in [1.54, 1.807) is 30.3 Å². The van der Waals surface area contributed by atoms with E-state index in [0.29, 0.717) is 5.56 Å². The number of carbonyl (C=O) groups is 2. The lowest BCUT2D eigenvalue weighted by Gasteiger charge is -2.21. The van der Waals surface area contributed by atoms with Crippen LogP contribution in [-0.2, 0) is 19.4 Å². The highest BCUT2D eigenvalue weighted by molar-refractivity contribution is 7.91. The summed E-state index contributed by atoms with van der Waals surface area (Å²) < 4.78 is 23.6. The van der Waals surface area contributed by atoms with Gasteiger partial charge in [0.2, 0.25) is 5.91 Å². The second kappa shape index (κ2) is 5.30. The Morgan fingerprint density at radius 1 is 1.17 bits per heavy atom. The van der Waals surface area contributed by atoms with Crippen molar-refractivity contribution in [3.63, 3.8) is 0 Å². The van der Waals surface area contributed by atoms with Crippen LogP contribution in [-0.4, -0.2) is 26.4 Å². The Labute approximate surface area is 106 Å². The molecule has 0 radical (unpaired) electrons. The molecule has 0 bridgehead atoms. The first kappa shape index (κ1) is 14.4. The number of hydrogen-bond acceptors (Lipinski definition) is 4. The molecule has 0 aliphatic rings. The molecular formula is C12H15NO4S. The zero-order valence-electron chi connectivity index (χ0n) is 10.2. The van der Waals surface area contributed by atoms with Crippen molar-refractivity contribution >= 4 is 21.5 Å². The van der Waals surface area contributed by atoms with E-state index < -0.39 is 32.7 Å². The Bertz CT molecular complexity index is 537. The van der Waals surface area contributed by atoms with Gasteiger partial charge >= 0.3 is 0 Å². The van der Waals surface area contributed by atoms with Gasteiger partial charge in [0.05, 0.1) is 0 Å². The molecule has 0 fully saturated rings. The van der Waals surface area contributed by atoms with Crippen LogP contribution < -0.4 is 5.73 Å². The fraction of sp³-hybridized carbons (Fsp3) is 0.333. The molecule has 1 amide bonds. The molecule has 0 spiro atoms. The summed E-state index contributed by atoms with van der Waals surface area (Å²) in [6.45, 7) is 1.16. The smallest absolute Gasteiger partial charge is 0.229 e. The third-order valence-electron chi connectivity index (χ3n) is 2.64. The predicted octanol–water partition coefficient (Wildman–Crippen LogP) is 0.463. The molecule has 0 heterocycles. The third kappa shape index (κ3) is 3.16. The molecule has 18 heavy (non-hydrogen) atoms. The van der Waals surface area contributed by atoms with Crippen molar-refractivity contribution < 1.29 is 18.0 Å². The van der Waals surface area contributed by atoms with Crippen molar-refractivity contribution in [2.24, 2.45) is 11.7 Å². The summed E-state index contributed by atoms with van der Waals surface area (Å²) >= 11 is 0. The summed E-state index contributed by atoms with van der Waals surface area (Å²) in [5, 5.41) is -1.23. The van der Waals surface area contributed by atoms with Crippen LogP contribution >= 0.6 is 0 Å². The Kier molecular flexibility index (Phi) is 4.24. The number of Topliss-reactive ketones (excluding diaryl/α,β-unsaturated/α-hetero) is 1. The lowest BCUT2D eigenvalue weighted by Crippen LogP contribution is -2.37. The first-order valence-electron chi connectivity index (χ1n) is 5.28. The summed E-state index contributed by atoms with van der Waals surface area (Å²) in [5.74, 6) is -2.84. The van der Waals surface area contributed by atoms with Crippen molar-refractivity contribution in [2.45, 2.75) is 12.2 Å². The minimum atomic E-state index is -3.63. The normalized spacial score (nSPS) is 14.8. The lowest BCUT2D eigenvalue weighted by atomic mass is 9.94. The largest absolute Gasteiger partial charge is 0.369 e. The molecule has 1 aromatic carbocycles. The Balaban J connectivity index is 3.40. The van der Waals surface area contributed by atoms with Gasteiger partial charge in [0.15, 0.2) is 9.84 Å². The summed E-state index contributed by atoms with van der Waals surface area (Å²) in [7, 11) is -3.63. The molecule has 2 atom stereocenters. The molecule has 1 rings (SSSR count). The zero-order valence-corrected chi connectivity index (χ0v) is 11.0. The molecule has 2 unspecified atom stereocenters. The van der Waals surface area contributed by atoms with Crippen LogP contribution in [0.5, 0.6) is 0 Å². The molecule has 0 aromatic heterocycles. The van der Waals surface area contributed by atoms with Crippen LogP contribution in [0, 0.1) is 5.92 Å². The van der Waals surface area contributed by atoms with Crippen LogP contribution in [0.25, 0.3) is 0 Å². The SMILES string of the molecule is CC(=O)C(C(N)=O)C(c1ccccc1)S(C)(=O)=O. The highest BCUT2D eigenvalue weighted by Crippen LogP contribution is 2.30. The lowest BCUT2D eigenvalue weighted by molar-refractivity contribution is -0.131. The van der Waals surface area contributed by atoms with Gasteiger partial charge in [0.25, 0.3) is 0 Å². The monoisotopic (exact) mass is 269 g/mol. The zero-order chi connectivity index (χ0) is 13.9. The van der Waals surface area contributed by atoms with Gasteiger partial charge in [-0.3, -0.25) is 9.59 Å². The predicted molar refractivity (Wildman–Crippen MR) is 67.4 cm³/mol. The molecule has 0 saturated heterocycles. The van der Waals surface area contributed by atoms with Gasteiger partial charge in [-0.15, -0.1) is 0 Å². The fourth-order valence-electron chi connectivity index (χ4n) is 1.89. The third-order valence-corrected chi connectivity index (χ3v) is 4.10. The Morgan fingerprint density at radius 2 is 1.67 bits per heavy atom. The minimum Gasteiger partial charge on any atom is -0.369 e. The summed E-state index contributed by atoms with van der Waals surface area (Å²) in [4.78, 5) is 22.8. The van der Waals surface area contributed by atoms with Gasteiger partial charge in [-0.1, -0.05) is 30.3 Å². The van der Waals surface area contributed by atoms with Crippen LogP contribution in [0.4, 0.5) is 0 Å². The number of ketones is 1. The Hall–Kier alpha value is -1.69. The average Bonchev–Trinajstić information content (AvgIpc) is 2.24.